The van der Waals surface area contributed by atoms with Gasteiger partial charge in [0.2, 0.25) is 5.91 Å². The molecule has 0 fully saturated rings. The van der Waals surface area contributed by atoms with E-state index in [1.807, 2.05) is 0 Å². The molecule has 0 radical (unpaired) electrons. The van der Waals surface area contributed by atoms with Gasteiger partial charge in [0.15, 0.2) is 6.04 Å². The van der Waals surface area contributed by atoms with Gasteiger partial charge in [-0.25, -0.2) is 4.79 Å². The Morgan fingerprint density at radius 3 is 2.40 bits per heavy atom. The molecule has 0 bridgehead atoms. The molecule has 0 aliphatic carbocycles. The van der Waals surface area contributed by atoms with Crippen molar-refractivity contribution in [2.45, 2.75) is 13.0 Å². The molecular weight excluding hydrogens is 202 g/mol. The number of likely N-dealkylation sites (N-methyl/N-ethyl adjacent to an activating group) is 1. The number of hydrogen-bond acceptors (Lipinski definition) is 5. The van der Waals surface area contributed by atoms with Crippen LogP contribution in [0.4, 0.5) is 0 Å². The third-order valence-electron chi connectivity index (χ3n) is 1.79. The van der Waals surface area contributed by atoms with E-state index in [2.05, 4.69) is 4.74 Å². The Kier molecular flexibility index (Phi) is 5.40. The zero-order valence-corrected chi connectivity index (χ0v) is 8.93. The Morgan fingerprint density at radius 2 is 2.07 bits per heavy atom. The fourth-order valence-corrected chi connectivity index (χ4v) is 0.925. The number of esters is 1. The number of hydrogen-bond donors (Lipinski definition) is 2. The van der Waals surface area contributed by atoms with Gasteiger partial charge in [0.1, 0.15) is 0 Å². The maximum atomic E-state index is 11.3. The van der Waals surface area contributed by atoms with Crippen LogP contribution in [0, 0.1) is 0 Å². The van der Waals surface area contributed by atoms with Crippen molar-refractivity contribution < 1.29 is 24.5 Å². The highest BCUT2D eigenvalue weighted by molar-refractivity contribution is 5.91. The molecule has 0 spiro atoms. The van der Waals surface area contributed by atoms with Gasteiger partial charge in [-0.3, -0.25) is 4.79 Å². The topological polar surface area (TPSA) is 87.1 Å². The maximum Gasteiger partial charge on any atom is 0.330 e. The Balaban J connectivity index is 4.65. The lowest BCUT2D eigenvalue weighted by molar-refractivity contribution is -0.152. The summed E-state index contributed by atoms with van der Waals surface area (Å²) in [6.45, 7) is 0.797. The number of nitrogens with zero attached hydrogens (tertiary/aromatic N) is 1. The van der Waals surface area contributed by atoms with Crippen LogP contribution in [0.15, 0.2) is 11.8 Å². The van der Waals surface area contributed by atoms with E-state index in [4.69, 9.17) is 10.2 Å². The smallest absolute Gasteiger partial charge is 0.330 e. The van der Waals surface area contributed by atoms with Crippen LogP contribution < -0.4 is 0 Å². The molecule has 0 saturated carbocycles. The van der Waals surface area contributed by atoms with Crippen LogP contribution in [0.5, 0.6) is 0 Å². The molecule has 0 aliphatic heterocycles. The summed E-state index contributed by atoms with van der Waals surface area (Å²) in [5, 5.41) is 17.8. The van der Waals surface area contributed by atoms with E-state index in [0.717, 1.165) is 18.1 Å². The van der Waals surface area contributed by atoms with Gasteiger partial charge in [-0.1, -0.05) is 0 Å². The van der Waals surface area contributed by atoms with Crippen molar-refractivity contribution in [1.29, 1.82) is 0 Å². The lowest BCUT2D eigenvalue weighted by Gasteiger charge is -2.22. The number of ether oxygens (including phenoxy) is 1. The predicted octanol–water partition coefficient (Wildman–Crippen LogP) is -0.560. The van der Waals surface area contributed by atoms with Crippen molar-refractivity contribution in [3.8, 4) is 0 Å². The van der Waals surface area contributed by atoms with Crippen LogP contribution >= 0.6 is 0 Å². The van der Waals surface area contributed by atoms with Gasteiger partial charge in [0, 0.05) is 13.1 Å². The fourth-order valence-electron chi connectivity index (χ4n) is 0.925. The van der Waals surface area contributed by atoms with E-state index in [1.165, 1.54) is 14.0 Å². The molecule has 0 rings (SSSR count). The van der Waals surface area contributed by atoms with Crippen molar-refractivity contribution in [2.75, 3.05) is 20.8 Å². The number of carbonyl (C=O) groups is 2. The molecule has 0 aromatic carbocycles. The first kappa shape index (κ1) is 13.4. The summed E-state index contributed by atoms with van der Waals surface area (Å²) in [5.41, 5.74) is 0. The van der Waals surface area contributed by atoms with Gasteiger partial charge in [-0.2, -0.15) is 0 Å². The van der Waals surface area contributed by atoms with Crippen molar-refractivity contribution in [2.24, 2.45) is 0 Å². The fraction of sp³-hybridized carbons (Fsp3) is 0.556. The molecule has 6 nitrogen and oxygen atoms in total. The first-order valence-electron chi connectivity index (χ1n) is 4.26. The molecule has 15 heavy (non-hydrogen) atoms. The van der Waals surface area contributed by atoms with Crippen molar-refractivity contribution in [1.82, 2.24) is 4.90 Å². The minimum Gasteiger partial charge on any atom is -0.512 e. The third kappa shape index (κ3) is 3.99. The molecular formula is C9H15NO5. The molecule has 86 valence electrons. The zero-order valence-electron chi connectivity index (χ0n) is 8.93. The molecule has 0 heterocycles. The Labute approximate surface area is 87.8 Å². The van der Waals surface area contributed by atoms with Gasteiger partial charge >= 0.3 is 5.97 Å². The number of rotatable bonds is 4. The molecule has 0 aromatic rings. The monoisotopic (exact) mass is 217 g/mol. The molecule has 0 aromatic heterocycles. The second kappa shape index (κ2) is 6.02. The van der Waals surface area contributed by atoms with E-state index in [1.54, 1.807) is 0 Å². The maximum absolute atomic E-state index is 11.3. The number of allylic oxidation sites excluding steroid dienone is 1. The molecule has 1 atom stereocenters. The highest BCUT2D eigenvalue weighted by atomic mass is 16.5. The predicted molar refractivity (Wildman–Crippen MR) is 52.0 cm³/mol. The van der Waals surface area contributed by atoms with E-state index in [0.29, 0.717) is 0 Å². The van der Waals surface area contributed by atoms with Crippen LogP contribution in [-0.4, -0.2) is 53.8 Å². The summed E-state index contributed by atoms with van der Waals surface area (Å²) in [5.74, 6) is -1.47. The third-order valence-corrected chi connectivity index (χ3v) is 1.79. The second-order valence-electron chi connectivity index (χ2n) is 2.96. The van der Waals surface area contributed by atoms with Crippen molar-refractivity contribution in [3.05, 3.63) is 11.8 Å². The minimum absolute atomic E-state index is 0.173. The van der Waals surface area contributed by atoms with Gasteiger partial charge < -0.3 is 19.8 Å². The van der Waals surface area contributed by atoms with Crippen LogP contribution in [-0.2, 0) is 14.3 Å². The lowest BCUT2D eigenvalue weighted by Crippen LogP contribution is -2.44. The summed E-state index contributed by atoms with van der Waals surface area (Å²) < 4.78 is 4.40. The molecule has 0 saturated heterocycles. The van der Waals surface area contributed by atoms with Crippen molar-refractivity contribution in [3.63, 3.8) is 0 Å². The van der Waals surface area contributed by atoms with Gasteiger partial charge in [-0.15, -0.1) is 0 Å². The highest BCUT2D eigenvalue weighted by Crippen LogP contribution is 2.01. The summed E-state index contributed by atoms with van der Waals surface area (Å²) in [6.07, 6.45) is 0.950. The summed E-state index contributed by atoms with van der Waals surface area (Å²) in [7, 11) is 2.50. The average molecular weight is 217 g/mol. The Bertz CT molecular complexity index is 270. The first-order valence-corrected chi connectivity index (χ1v) is 4.26. The number of aliphatic hydroxyl groups is 2. The van der Waals surface area contributed by atoms with Gasteiger partial charge in [0.25, 0.3) is 0 Å². The Morgan fingerprint density at radius 1 is 1.53 bits per heavy atom. The number of aliphatic hydroxyl groups excluding tert-OH is 2. The first-order chi connectivity index (χ1) is 6.93. The normalized spacial score (nSPS) is 13.2. The summed E-state index contributed by atoms with van der Waals surface area (Å²) in [6, 6.07) is -1.06. The van der Waals surface area contributed by atoms with Crippen LogP contribution in [0.3, 0.4) is 0 Å². The molecule has 1 amide bonds. The summed E-state index contributed by atoms with van der Waals surface area (Å²) in [4.78, 5) is 23.5. The van der Waals surface area contributed by atoms with Crippen LogP contribution in [0.1, 0.15) is 6.92 Å². The van der Waals surface area contributed by atoms with E-state index in [9.17, 15) is 9.59 Å². The van der Waals surface area contributed by atoms with Crippen molar-refractivity contribution >= 4 is 11.9 Å². The standard InChI is InChI=1S/C9H15NO5/c1-6(12)4-8(13)10(2)7(5-11)9(14)15-3/h4,7,11-12H,5H2,1-3H3. The molecule has 1 unspecified atom stereocenters. The van der Waals surface area contributed by atoms with Crippen LogP contribution in [0.25, 0.3) is 0 Å². The van der Waals surface area contributed by atoms with E-state index in [-0.39, 0.29) is 5.76 Å². The largest absolute Gasteiger partial charge is 0.512 e. The highest BCUT2D eigenvalue weighted by Gasteiger charge is 2.25. The minimum atomic E-state index is -1.06. The van der Waals surface area contributed by atoms with Crippen LogP contribution in [0.2, 0.25) is 0 Å². The summed E-state index contributed by atoms with van der Waals surface area (Å²) >= 11 is 0. The van der Waals surface area contributed by atoms with E-state index >= 15 is 0 Å². The number of carbonyl (C=O) groups excluding carboxylic acids is 2. The lowest BCUT2D eigenvalue weighted by atomic mass is 10.2. The number of methoxy groups -OCH3 is 1. The van der Waals surface area contributed by atoms with E-state index < -0.39 is 24.5 Å². The SMILES string of the molecule is COC(=O)C(CO)N(C)C(=O)C=C(C)O. The van der Waals surface area contributed by atoms with Gasteiger partial charge in [0.05, 0.1) is 19.5 Å². The number of amides is 1. The zero-order chi connectivity index (χ0) is 12.0. The molecule has 2 N–H and O–H groups in total. The Hall–Kier alpha value is -1.56. The van der Waals surface area contributed by atoms with Gasteiger partial charge in [-0.05, 0) is 6.92 Å². The quantitative estimate of drug-likeness (QED) is 0.374. The second-order valence-corrected chi connectivity index (χ2v) is 2.96. The molecule has 6 heteroatoms. The molecule has 0 aliphatic rings. The average Bonchev–Trinajstić information content (AvgIpc) is 2.17.